The average Bonchev–Trinajstić information content (AvgIpc) is 3.03. The Kier molecular flexibility index (Phi) is 8.31. The first kappa shape index (κ1) is 20.3. The minimum atomic E-state index is -0.293. The van der Waals surface area contributed by atoms with E-state index in [9.17, 15) is 0 Å². The molecule has 0 spiro atoms. The number of unbranched alkanes of at least 4 members (excludes halogenated alkanes) is 1. The highest BCUT2D eigenvalue weighted by Crippen LogP contribution is 2.47. The van der Waals surface area contributed by atoms with Gasteiger partial charge in [0, 0.05) is 10.9 Å². The Hall–Kier alpha value is -1.00. The van der Waals surface area contributed by atoms with Crippen molar-refractivity contribution in [2.45, 2.75) is 19.8 Å². The maximum absolute atomic E-state index is 5.77. The molecule has 0 N–H and O–H groups in total. The smallest absolute Gasteiger partial charge is 0.130 e. The van der Waals surface area contributed by atoms with Crippen molar-refractivity contribution < 1.29 is 14.2 Å². The number of ether oxygens (including phenoxy) is 3. The van der Waals surface area contributed by atoms with Gasteiger partial charge in [-0.1, -0.05) is 54.1 Å². The molecule has 0 saturated heterocycles. The van der Waals surface area contributed by atoms with Crippen molar-refractivity contribution in [1.82, 2.24) is 0 Å². The van der Waals surface area contributed by atoms with Gasteiger partial charge in [-0.25, -0.2) is 0 Å². The van der Waals surface area contributed by atoms with Crippen LogP contribution in [0.1, 0.15) is 19.8 Å². The second kappa shape index (κ2) is 10.2. The summed E-state index contributed by atoms with van der Waals surface area (Å²) in [5.41, 5.74) is 2.16. The molecule has 0 aromatic heterocycles. The Labute approximate surface area is 166 Å². The lowest BCUT2D eigenvalue weighted by atomic mass is 10.0. The van der Waals surface area contributed by atoms with E-state index in [0.29, 0.717) is 0 Å². The molecule has 0 saturated carbocycles. The zero-order valence-electron chi connectivity index (χ0n) is 15.3. The molecule has 3 rings (SSSR count). The summed E-state index contributed by atoms with van der Waals surface area (Å²) in [6.45, 7) is 4.45. The molecule has 1 unspecified atom stereocenters. The van der Waals surface area contributed by atoms with Gasteiger partial charge in [-0.15, -0.1) is 0 Å². The van der Waals surface area contributed by atoms with Crippen LogP contribution in [0.5, 0.6) is 17.2 Å². The lowest BCUT2D eigenvalue weighted by molar-refractivity contribution is 0.397. The van der Waals surface area contributed by atoms with Crippen LogP contribution in [0, 0.1) is 0 Å². The zero-order chi connectivity index (χ0) is 18.2. The highest BCUT2D eigenvalue weighted by molar-refractivity contribution is 14.1. The number of hydrogen-bond donors (Lipinski definition) is 0. The van der Waals surface area contributed by atoms with Gasteiger partial charge in [-0.2, -0.15) is 0 Å². The van der Waals surface area contributed by atoms with E-state index >= 15 is 0 Å². The summed E-state index contributed by atoms with van der Waals surface area (Å²) in [5, 5.41) is 1.30. The number of halogens is 1. The third kappa shape index (κ3) is 4.79. The second-order valence-electron chi connectivity index (χ2n) is 5.70. The molecule has 0 amide bonds. The standard InChI is InChI=1S/C16H17O3P.C4H9I/c1-17-12-7-5-8-13(18-2)15(12)11-6-4-9-14-16(11)20(3)10-19-14;1-2-3-4-5/h4-9H,10H2,1-3H3;2-4H2,1H3. The third-order valence-electron chi connectivity index (χ3n) is 3.98. The SMILES string of the molecule is CCCCI.COc1cccc(OC)c1-c1cccc2c1P(C)CO2. The third-order valence-corrected chi connectivity index (χ3v) is 6.48. The van der Waals surface area contributed by atoms with Crippen LogP contribution < -0.4 is 19.5 Å². The molecule has 25 heavy (non-hydrogen) atoms. The van der Waals surface area contributed by atoms with Crippen molar-refractivity contribution in [1.29, 1.82) is 0 Å². The summed E-state index contributed by atoms with van der Waals surface area (Å²) < 4.78 is 18.1. The first-order valence-electron chi connectivity index (χ1n) is 8.42. The van der Waals surface area contributed by atoms with Crippen LogP contribution in [0.3, 0.4) is 0 Å². The van der Waals surface area contributed by atoms with Gasteiger partial charge in [-0.05, 0) is 43.6 Å². The number of alkyl halides is 1. The molecule has 136 valence electrons. The molecule has 2 aromatic carbocycles. The van der Waals surface area contributed by atoms with Crippen molar-refractivity contribution in [3.8, 4) is 28.4 Å². The van der Waals surface area contributed by atoms with Crippen LogP contribution in [0.2, 0.25) is 0 Å². The van der Waals surface area contributed by atoms with Gasteiger partial charge in [0.1, 0.15) is 23.6 Å². The molecular weight excluding hydrogens is 446 g/mol. The van der Waals surface area contributed by atoms with E-state index in [-0.39, 0.29) is 7.92 Å². The quantitative estimate of drug-likeness (QED) is 0.319. The minimum absolute atomic E-state index is 0.293. The van der Waals surface area contributed by atoms with Gasteiger partial charge >= 0.3 is 0 Å². The van der Waals surface area contributed by atoms with Crippen LogP contribution in [0.4, 0.5) is 0 Å². The maximum Gasteiger partial charge on any atom is 0.130 e. The van der Waals surface area contributed by atoms with Gasteiger partial charge < -0.3 is 14.2 Å². The highest BCUT2D eigenvalue weighted by atomic mass is 127. The molecule has 0 aliphatic carbocycles. The number of rotatable bonds is 5. The van der Waals surface area contributed by atoms with E-state index in [1.165, 1.54) is 22.6 Å². The van der Waals surface area contributed by atoms with E-state index in [2.05, 4.69) is 42.2 Å². The van der Waals surface area contributed by atoms with Gasteiger partial charge in [0.05, 0.1) is 19.8 Å². The predicted molar refractivity (Wildman–Crippen MR) is 117 cm³/mol. The van der Waals surface area contributed by atoms with Crippen LogP contribution in [-0.4, -0.2) is 31.7 Å². The van der Waals surface area contributed by atoms with E-state index in [4.69, 9.17) is 14.2 Å². The molecule has 3 nitrogen and oxygen atoms in total. The van der Waals surface area contributed by atoms with E-state index in [1.807, 2.05) is 30.3 Å². The largest absolute Gasteiger partial charge is 0.496 e. The molecule has 0 fully saturated rings. The Morgan fingerprint density at radius 1 is 1.08 bits per heavy atom. The van der Waals surface area contributed by atoms with Crippen molar-refractivity contribution in [2.24, 2.45) is 0 Å². The molecule has 1 aliphatic rings. The minimum Gasteiger partial charge on any atom is -0.496 e. The van der Waals surface area contributed by atoms with Crippen LogP contribution in [0.15, 0.2) is 36.4 Å². The van der Waals surface area contributed by atoms with E-state index in [1.54, 1.807) is 14.2 Å². The first-order chi connectivity index (χ1) is 12.2. The summed E-state index contributed by atoms with van der Waals surface area (Å²) >= 11 is 2.39. The van der Waals surface area contributed by atoms with Gasteiger partial charge in [-0.3, -0.25) is 0 Å². The van der Waals surface area contributed by atoms with Crippen LogP contribution >= 0.6 is 30.5 Å². The molecule has 1 atom stereocenters. The van der Waals surface area contributed by atoms with Crippen molar-refractivity contribution >= 4 is 35.8 Å². The van der Waals surface area contributed by atoms with Crippen LogP contribution in [-0.2, 0) is 0 Å². The molecule has 1 heterocycles. The topological polar surface area (TPSA) is 27.7 Å². The van der Waals surface area contributed by atoms with Crippen molar-refractivity contribution in [3.05, 3.63) is 36.4 Å². The predicted octanol–water partition coefficient (Wildman–Crippen LogP) is 5.68. The van der Waals surface area contributed by atoms with Gasteiger partial charge in [0.2, 0.25) is 0 Å². The molecule has 1 aliphatic heterocycles. The summed E-state index contributed by atoms with van der Waals surface area (Å²) in [5.74, 6) is 2.64. The molecule has 2 aromatic rings. The molecule has 0 radical (unpaired) electrons. The molecule has 5 heteroatoms. The fourth-order valence-electron chi connectivity index (χ4n) is 2.72. The monoisotopic (exact) mass is 472 g/mol. The number of hydrogen-bond acceptors (Lipinski definition) is 3. The Bertz CT molecular complexity index is 666. The van der Waals surface area contributed by atoms with Crippen molar-refractivity contribution in [3.63, 3.8) is 0 Å². The number of fused-ring (bicyclic) bond motifs is 1. The number of methoxy groups -OCH3 is 2. The zero-order valence-corrected chi connectivity index (χ0v) is 18.4. The summed E-state index contributed by atoms with van der Waals surface area (Å²) in [4.78, 5) is 0. The van der Waals surface area contributed by atoms with E-state index < -0.39 is 0 Å². The maximum atomic E-state index is 5.77. The van der Waals surface area contributed by atoms with E-state index in [0.717, 1.165) is 34.7 Å². The lowest BCUT2D eigenvalue weighted by Crippen LogP contribution is -2.04. The normalized spacial score (nSPS) is 14.8. The molecule has 0 bridgehead atoms. The summed E-state index contributed by atoms with van der Waals surface area (Å²) in [6, 6.07) is 12.0. The number of benzene rings is 2. The fraction of sp³-hybridized carbons (Fsp3) is 0.400. The fourth-order valence-corrected chi connectivity index (χ4v) is 5.05. The van der Waals surface area contributed by atoms with Gasteiger partial charge in [0.25, 0.3) is 0 Å². The Morgan fingerprint density at radius 2 is 1.72 bits per heavy atom. The second-order valence-corrected chi connectivity index (χ2v) is 8.88. The summed E-state index contributed by atoms with van der Waals surface area (Å²) in [6.07, 6.45) is 3.50. The summed E-state index contributed by atoms with van der Waals surface area (Å²) in [7, 11) is 3.08. The van der Waals surface area contributed by atoms with Crippen molar-refractivity contribution in [2.75, 3.05) is 31.7 Å². The Morgan fingerprint density at radius 3 is 2.24 bits per heavy atom. The lowest BCUT2D eigenvalue weighted by Gasteiger charge is -2.16. The van der Waals surface area contributed by atoms with Gasteiger partial charge in [0.15, 0.2) is 0 Å². The molecular formula is C20H26IO3P. The average molecular weight is 472 g/mol. The first-order valence-corrected chi connectivity index (χ1v) is 11.9. The highest BCUT2D eigenvalue weighted by Gasteiger charge is 2.26. The Balaban J connectivity index is 0.000000399. The van der Waals surface area contributed by atoms with Crippen LogP contribution in [0.25, 0.3) is 11.1 Å².